The smallest absolute Gasteiger partial charge is 0.133 e. The molecular formula is C17H19FN2S. The average molecular weight is 302 g/mol. The van der Waals surface area contributed by atoms with Gasteiger partial charge in [0, 0.05) is 24.8 Å². The van der Waals surface area contributed by atoms with E-state index in [0.29, 0.717) is 12.1 Å². The number of halogens is 1. The second-order valence-corrected chi connectivity index (χ2v) is 5.82. The highest BCUT2D eigenvalue weighted by molar-refractivity contribution is 7.80. The van der Waals surface area contributed by atoms with Gasteiger partial charge in [-0.05, 0) is 54.8 Å². The molecule has 2 aromatic carbocycles. The molecule has 21 heavy (non-hydrogen) atoms. The van der Waals surface area contributed by atoms with Crippen molar-refractivity contribution < 1.29 is 4.39 Å². The van der Waals surface area contributed by atoms with Crippen LogP contribution in [0.25, 0.3) is 0 Å². The van der Waals surface area contributed by atoms with E-state index in [-0.39, 0.29) is 10.8 Å². The van der Waals surface area contributed by atoms with Crippen LogP contribution in [-0.4, -0.2) is 12.0 Å². The average Bonchev–Trinajstić information content (AvgIpc) is 2.39. The van der Waals surface area contributed by atoms with Gasteiger partial charge in [-0.2, -0.15) is 0 Å². The summed E-state index contributed by atoms with van der Waals surface area (Å²) in [5, 5.41) is 0. The van der Waals surface area contributed by atoms with E-state index in [2.05, 4.69) is 36.9 Å². The van der Waals surface area contributed by atoms with E-state index in [1.54, 1.807) is 12.1 Å². The zero-order valence-electron chi connectivity index (χ0n) is 12.5. The highest BCUT2D eigenvalue weighted by Gasteiger charge is 2.09. The number of nitrogens with two attached hydrogens (primary N) is 1. The maximum Gasteiger partial charge on any atom is 0.133 e. The summed E-state index contributed by atoms with van der Waals surface area (Å²) in [5.74, 6) is -0.375. The molecule has 0 radical (unpaired) electrons. The molecule has 0 heterocycles. The number of thiocarbonyl (C=S) groups is 1. The van der Waals surface area contributed by atoms with Crippen LogP contribution in [0.2, 0.25) is 0 Å². The molecule has 0 aliphatic rings. The maximum atomic E-state index is 13.6. The third-order valence-electron chi connectivity index (χ3n) is 3.36. The van der Waals surface area contributed by atoms with Crippen LogP contribution in [0.5, 0.6) is 0 Å². The van der Waals surface area contributed by atoms with Gasteiger partial charge >= 0.3 is 0 Å². The minimum atomic E-state index is -0.375. The van der Waals surface area contributed by atoms with Crippen LogP contribution >= 0.6 is 12.2 Å². The molecule has 0 aromatic heterocycles. The lowest BCUT2D eigenvalue weighted by Crippen LogP contribution is -2.18. The molecule has 0 amide bonds. The molecule has 2 rings (SSSR count). The number of nitrogens with zero attached hydrogens (tertiary/aromatic N) is 1. The van der Waals surface area contributed by atoms with Gasteiger partial charge in [0.25, 0.3) is 0 Å². The Bertz CT molecular complexity index is 662. The SMILES string of the molecule is Cc1cc(C)cc(N(C)Cc2ccc(F)c(C(N)=S)c2)c1. The molecule has 0 saturated heterocycles. The molecule has 2 nitrogen and oxygen atoms in total. The van der Waals surface area contributed by atoms with Crippen molar-refractivity contribution in [3.8, 4) is 0 Å². The number of rotatable bonds is 4. The van der Waals surface area contributed by atoms with Crippen molar-refractivity contribution in [2.75, 3.05) is 11.9 Å². The molecule has 0 spiro atoms. The highest BCUT2D eigenvalue weighted by atomic mass is 32.1. The number of aryl methyl sites for hydroxylation is 2. The molecule has 4 heteroatoms. The summed E-state index contributed by atoms with van der Waals surface area (Å²) in [6, 6.07) is 11.3. The van der Waals surface area contributed by atoms with Gasteiger partial charge in [0.2, 0.25) is 0 Å². The van der Waals surface area contributed by atoms with Crippen molar-refractivity contribution in [1.29, 1.82) is 0 Å². The summed E-state index contributed by atoms with van der Waals surface area (Å²) in [4.78, 5) is 2.21. The van der Waals surface area contributed by atoms with E-state index in [9.17, 15) is 4.39 Å². The highest BCUT2D eigenvalue weighted by Crippen LogP contribution is 2.20. The van der Waals surface area contributed by atoms with Crippen LogP contribution in [0.1, 0.15) is 22.3 Å². The number of hydrogen-bond acceptors (Lipinski definition) is 2. The fourth-order valence-electron chi connectivity index (χ4n) is 2.40. The predicted molar refractivity (Wildman–Crippen MR) is 90.3 cm³/mol. The molecule has 110 valence electrons. The maximum absolute atomic E-state index is 13.6. The molecule has 0 aliphatic carbocycles. The standard InChI is InChI=1S/C17H19FN2S/c1-11-6-12(2)8-14(7-11)20(3)10-13-4-5-16(18)15(9-13)17(19)21/h4-9H,10H2,1-3H3,(H2,19,21). The van der Waals surface area contributed by atoms with Gasteiger partial charge in [0.05, 0.1) is 0 Å². The monoisotopic (exact) mass is 302 g/mol. The quantitative estimate of drug-likeness (QED) is 0.873. The summed E-state index contributed by atoms with van der Waals surface area (Å²) < 4.78 is 13.6. The predicted octanol–water partition coefficient (Wildman–Crippen LogP) is 3.71. The summed E-state index contributed by atoms with van der Waals surface area (Å²) in [6.45, 7) is 4.82. The van der Waals surface area contributed by atoms with Crippen molar-refractivity contribution in [3.05, 3.63) is 64.5 Å². The summed E-state index contributed by atoms with van der Waals surface area (Å²) in [5.41, 5.74) is 10.4. The van der Waals surface area contributed by atoms with Gasteiger partial charge in [-0.15, -0.1) is 0 Å². The molecular weight excluding hydrogens is 283 g/mol. The fourth-order valence-corrected chi connectivity index (χ4v) is 2.55. The first-order valence-corrected chi connectivity index (χ1v) is 7.15. The van der Waals surface area contributed by atoms with Crippen LogP contribution in [0.3, 0.4) is 0 Å². The van der Waals surface area contributed by atoms with E-state index in [4.69, 9.17) is 18.0 Å². The van der Waals surface area contributed by atoms with Gasteiger partial charge < -0.3 is 10.6 Å². The van der Waals surface area contributed by atoms with Gasteiger partial charge in [0.15, 0.2) is 0 Å². The van der Waals surface area contributed by atoms with Gasteiger partial charge in [-0.25, -0.2) is 4.39 Å². The lowest BCUT2D eigenvalue weighted by Gasteiger charge is -2.21. The van der Waals surface area contributed by atoms with Crippen molar-refractivity contribution in [1.82, 2.24) is 0 Å². The molecule has 0 unspecified atom stereocenters. The van der Waals surface area contributed by atoms with Crippen molar-refractivity contribution >= 4 is 22.9 Å². The van der Waals surface area contributed by atoms with Crippen molar-refractivity contribution in [2.24, 2.45) is 5.73 Å². The van der Waals surface area contributed by atoms with Crippen LogP contribution in [0, 0.1) is 19.7 Å². The first-order valence-electron chi connectivity index (χ1n) is 6.74. The Hall–Kier alpha value is -1.94. The molecule has 0 bridgehead atoms. The number of hydrogen-bond donors (Lipinski definition) is 1. The van der Waals surface area contributed by atoms with E-state index in [1.807, 2.05) is 7.05 Å². The third-order valence-corrected chi connectivity index (χ3v) is 3.58. The van der Waals surface area contributed by atoms with E-state index in [0.717, 1.165) is 11.3 Å². The minimum absolute atomic E-state index is 0.0865. The lowest BCUT2D eigenvalue weighted by atomic mass is 10.1. The third kappa shape index (κ3) is 3.79. The zero-order chi connectivity index (χ0) is 15.6. The molecule has 0 saturated carbocycles. The zero-order valence-corrected chi connectivity index (χ0v) is 13.3. The Morgan fingerprint density at radius 3 is 2.33 bits per heavy atom. The van der Waals surface area contributed by atoms with Gasteiger partial charge in [-0.1, -0.05) is 24.4 Å². The summed E-state index contributed by atoms with van der Waals surface area (Å²) >= 11 is 4.87. The molecule has 0 fully saturated rings. The van der Waals surface area contributed by atoms with Crippen molar-refractivity contribution in [2.45, 2.75) is 20.4 Å². The minimum Gasteiger partial charge on any atom is -0.389 e. The normalized spacial score (nSPS) is 10.5. The largest absolute Gasteiger partial charge is 0.389 e. The Balaban J connectivity index is 2.25. The van der Waals surface area contributed by atoms with E-state index < -0.39 is 0 Å². The molecule has 0 aliphatic heterocycles. The van der Waals surface area contributed by atoms with Crippen LogP contribution in [-0.2, 0) is 6.54 Å². The van der Waals surface area contributed by atoms with Crippen molar-refractivity contribution in [3.63, 3.8) is 0 Å². The van der Waals surface area contributed by atoms with Crippen LogP contribution in [0.4, 0.5) is 10.1 Å². The topological polar surface area (TPSA) is 29.3 Å². The fraction of sp³-hybridized carbons (Fsp3) is 0.235. The second kappa shape index (κ2) is 6.22. The first kappa shape index (κ1) is 15.4. The number of anilines is 1. The van der Waals surface area contributed by atoms with Gasteiger partial charge in [-0.3, -0.25) is 0 Å². The molecule has 2 aromatic rings. The Labute approximate surface area is 130 Å². The van der Waals surface area contributed by atoms with E-state index >= 15 is 0 Å². The Kier molecular flexibility index (Phi) is 4.58. The van der Waals surface area contributed by atoms with Crippen LogP contribution in [0.15, 0.2) is 36.4 Å². The van der Waals surface area contributed by atoms with Crippen LogP contribution < -0.4 is 10.6 Å². The summed E-state index contributed by atoms with van der Waals surface area (Å²) in [7, 11) is 2.01. The number of benzene rings is 2. The Morgan fingerprint density at radius 2 is 1.76 bits per heavy atom. The second-order valence-electron chi connectivity index (χ2n) is 5.38. The lowest BCUT2D eigenvalue weighted by molar-refractivity contribution is 0.624. The Morgan fingerprint density at radius 1 is 1.14 bits per heavy atom. The van der Waals surface area contributed by atoms with E-state index in [1.165, 1.54) is 17.2 Å². The molecule has 2 N–H and O–H groups in total. The first-order chi connectivity index (χ1) is 9.86. The summed E-state index contributed by atoms with van der Waals surface area (Å²) in [6.07, 6.45) is 0. The molecule has 0 atom stereocenters. The van der Waals surface area contributed by atoms with Gasteiger partial charge in [0.1, 0.15) is 10.8 Å².